The fourth-order valence-electron chi connectivity index (χ4n) is 2.95. The number of aromatic carboxylic acids is 1. The van der Waals surface area contributed by atoms with E-state index in [9.17, 15) is 14.4 Å². The van der Waals surface area contributed by atoms with E-state index in [2.05, 4.69) is 34.4 Å². The first kappa shape index (κ1) is 21.6. The Balaban J connectivity index is 1.71. The Hall–Kier alpha value is -4.14. The van der Waals surface area contributed by atoms with Crippen LogP contribution in [-0.4, -0.2) is 33.0 Å². The third-order valence-electron chi connectivity index (χ3n) is 4.64. The van der Waals surface area contributed by atoms with Gasteiger partial charge in [-0.2, -0.15) is 0 Å². The summed E-state index contributed by atoms with van der Waals surface area (Å²) in [4.78, 5) is 42.2. The van der Waals surface area contributed by atoms with Crippen molar-refractivity contribution in [3.63, 3.8) is 0 Å². The molecule has 9 nitrogen and oxygen atoms in total. The fourth-order valence-corrected chi connectivity index (χ4v) is 2.95. The van der Waals surface area contributed by atoms with Crippen molar-refractivity contribution in [3.8, 4) is 0 Å². The highest BCUT2D eigenvalue weighted by Gasteiger charge is 2.17. The van der Waals surface area contributed by atoms with Crippen molar-refractivity contribution in [1.29, 1.82) is 0 Å². The van der Waals surface area contributed by atoms with Crippen molar-refractivity contribution in [2.45, 2.75) is 26.2 Å². The van der Waals surface area contributed by atoms with Crippen LogP contribution in [0.3, 0.4) is 0 Å². The molecule has 160 valence electrons. The molecule has 0 aliphatic carbocycles. The number of aromatic nitrogens is 2. The Morgan fingerprint density at radius 2 is 1.68 bits per heavy atom. The maximum absolute atomic E-state index is 12.4. The summed E-state index contributed by atoms with van der Waals surface area (Å²) < 4.78 is 0. The summed E-state index contributed by atoms with van der Waals surface area (Å²) in [7, 11) is 0. The van der Waals surface area contributed by atoms with Crippen molar-refractivity contribution in [2.75, 3.05) is 10.6 Å². The smallest absolute Gasteiger partial charge is 0.335 e. The number of hydrogen-bond donors (Lipinski definition) is 5. The molecule has 2 aromatic carbocycles. The van der Waals surface area contributed by atoms with E-state index in [1.807, 2.05) is 12.1 Å². The number of primary amides is 1. The molecule has 0 aliphatic heterocycles. The molecule has 3 rings (SSSR count). The second-order valence-corrected chi connectivity index (χ2v) is 7.31. The minimum absolute atomic E-state index is 0.0148. The molecular weight excluding hydrogens is 398 g/mol. The first-order valence-corrected chi connectivity index (χ1v) is 9.62. The molecule has 31 heavy (non-hydrogen) atoms. The van der Waals surface area contributed by atoms with Gasteiger partial charge in [-0.3, -0.25) is 10.1 Å². The number of rotatable bonds is 7. The van der Waals surface area contributed by atoms with E-state index in [-0.39, 0.29) is 17.1 Å². The first-order chi connectivity index (χ1) is 14.7. The quantitative estimate of drug-likeness (QED) is 0.395. The number of hydrogen-bond acceptors (Lipinski definition) is 4. The Kier molecular flexibility index (Phi) is 6.35. The van der Waals surface area contributed by atoms with Crippen molar-refractivity contribution in [3.05, 3.63) is 76.7 Å². The standard InChI is InChI=1S/C22H23N5O4/c1-12(2)14-7-9-16(10-8-14)24-22(31)27-20-18(19(23)28)25-17(26-20)11-13-3-5-15(6-4-13)21(29)30/h3-10,12H,11H2,1-2H3,(H2,23,28)(H,25,26)(H,29,30)(H2,24,27,31). The first-order valence-electron chi connectivity index (χ1n) is 9.62. The number of carboxylic acids is 1. The Morgan fingerprint density at radius 1 is 1.03 bits per heavy atom. The van der Waals surface area contributed by atoms with E-state index >= 15 is 0 Å². The molecule has 6 N–H and O–H groups in total. The van der Waals surface area contributed by atoms with Crippen LogP contribution in [-0.2, 0) is 6.42 Å². The van der Waals surface area contributed by atoms with Gasteiger partial charge >= 0.3 is 12.0 Å². The second kappa shape index (κ2) is 9.12. The zero-order valence-electron chi connectivity index (χ0n) is 17.1. The Morgan fingerprint density at radius 3 is 2.23 bits per heavy atom. The zero-order chi connectivity index (χ0) is 22.5. The van der Waals surface area contributed by atoms with E-state index in [0.717, 1.165) is 11.1 Å². The van der Waals surface area contributed by atoms with E-state index in [4.69, 9.17) is 10.8 Å². The number of benzene rings is 2. The number of H-pyrrole nitrogens is 1. The van der Waals surface area contributed by atoms with Gasteiger partial charge in [0.25, 0.3) is 5.91 Å². The van der Waals surface area contributed by atoms with Crippen LogP contribution in [0, 0.1) is 0 Å². The van der Waals surface area contributed by atoms with Gasteiger partial charge in [0.05, 0.1) is 5.56 Å². The highest BCUT2D eigenvalue weighted by atomic mass is 16.4. The average Bonchev–Trinajstić information content (AvgIpc) is 3.11. The van der Waals surface area contributed by atoms with Crippen LogP contribution in [0.5, 0.6) is 0 Å². The van der Waals surface area contributed by atoms with Crippen LogP contribution in [0.15, 0.2) is 48.5 Å². The SMILES string of the molecule is CC(C)c1ccc(NC(=O)Nc2nc(Cc3ccc(C(=O)O)cc3)[nH]c2C(N)=O)cc1. The van der Waals surface area contributed by atoms with Gasteiger partial charge in [0.15, 0.2) is 5.82 Å². The summed E-state index contributed by atoms with van der Waals surface area (Å²) in [5.74, 6) is -0.994. The van der Waals surface area contributed by atoms with E-state index in [0.29, 0.717) is 23.9 Å². The summed E-state index contributed by atoms with van der Waals surface area (Å²) in [6.45, 7) is 4.16. The molecule has 0 saturated heterocycles. The molecule has 0 bridgehead atoms. The topological polar surface area (TPSA) is 150 Å². The molecule has 1 heterocycles. The monoisotopic (exact) mass is 421 g/mol. The van der Waals surface area contributed by atoms with Gasteiger partial charge in [0.2, 0.25) is 0 Å². The van der Waals surface area contributed by atoms with Crippen LogP contribution >= 0.6 is 0 Å². The number of carboxylic acid groups (broad SMARTS) is 1. The van der Waals surface area contributed by atoms with E-state index in [1.165, 1.54) is 12.1 Å². The van der Waals surface area contributed by atoms with Crippen LogP contribution < -0.4 is 16.4 Å². The molecule has 0 aliphatic rings. The third-order valence-corrected chi connectivity index (χ3v) is 4.64. The largest absolute Gasteiger partial charge is 0.478 e. The number of carbonyl (C=O) groups excluding carboxylic acids is 2. The van der Waals surface area contributed by atoms with Gasteiger partial charge in [-0.05, 0) is 41.3 Å². The lowest BCUT2D eigenvalue weighted by molar-refractivity contribution is 0.0696. The van der Waals surface area contributed by atoms with Crippen molar-refractivity contribution >= 4 is 29.4 Å². The molecule has 3 amide bonds. The maximum atomic E-state index is 12.4. The summed E-state index contributed by atoms with van der Waals surface area (Å²) >= 11 is 0. The predicted molar refractivity (Wildman–Crippen MR) is 116 cm³/mol. The number of amides is 3. The van der Waals surface area contributed by atoms with Gasteiger partial charge < -0.3 is 21.1 Å². The molecule has 0 atom stereocenters. The number of carbonyl (C=O) groups is 3. The van der Waals surface area contributed by atoms with Crippen LogP contribution in [0.25, 0.3) is 0 Å². The van der Waals surface area contributed by atoms with E-state index < -0.39 is 17.9 Å². The summed E-state index contributed by atoms with van der Waals surface area (Å²) in [5.41, 5.74) is 8.06. The number of nitrogens with one attached hydrogen (secondary N) is 3. The number of aromatic amines is 1. The van der Waals surface area contributed by atoms with Gasteiger partial charge in [0, 0.05) is 12.1 Å². The van der Waals surface area contributed by atoms with E-state index in [1.54, 1.807) is 24.3 Å². The fraction of sp³-hybridized carbons (Fsp3) is 0.182. The number of urea groups is 1. The molecule has 0 spiro atoms. The summed E-state index contributed by atoms with van der Waals surface area (Å²) in [6, 6.07) is 13.1. The number of nitrogens with two attached hydrogens (primary N) is 1. The molecule has 3 aromatic rings. The lowest BCUT2D eigenvalue weighted by Crippen LogP contribution is -2.22. The Labute approximate surface area is 178 Å². The molecule has 0 unspecified atom stereocenters. The number of nitrogens with zero attached hydrogens (tertiary/aromatic N) is 1. The number of imidazole rings is 1. The summed E-state index contributed by atoms with van der Waals surface area (Å²) in [5, 5.41) is 14.2. The van der Waals surface area contributed by atoms with Gasteiger partial charge in [0.1, 0.15) is 11.5 Å². The maximum Gasteiger partial charge on any atom is 0.335 e. The Bertz CT molecular complexity index is 1100. The van der Waals surface area contributed by atoms with Crippen LogP contribution in [0.1, 0.15) is 57.6 Å². The number of anilines is 2. The molecule has 0 fully saturated rings. The molecule has 1 aromatic heterocycles. The third kappa shape index (κ3) is 5.47. The van der Waals surface area contributed by atoms with Crippen molar-refractivity contribution in [2.24, 2.45) is 5.73 Å². The van der Waals surface area contributed by atoms with Crippen molar-refractivity contribution in [1.82, 2.24) is 9.97 Å². The van der Waals surface area contributed by atoms with Crippen LogP contribution in [0.4, 0.5) is 16.3 Å². The molecule has 9 heteroatoms. The second-order valence-electron chi connectivity index (χ2n) is 7.31. The van der Waals surface area contributed by atoms with Crippen molar-refractivity contribution < 1.29 is 19.5 Å². The predicted octanol–water partition coefficient (Wildman–Crippen LogP) is 3.57. The zero-order valence-corrected chi connectivity index (χ0v) is 17.1. The van der Waals surface area contributed by atoms with Crippen LogP contribution in [0.2, 0.25) is 0 Å². The molecular formula is C22H23N5O4. The van der Waals surface area contributed by atoms with Gasteiger partial charge in [-0.25, -0.2) is 14.6 Å². The lowest BCUT2D eigenvalue weighted by Gasteiger charge is -2.09. The molecule has 0 radical (unpaired) electrons. The minimum atomic E-state index is -1.02. The van der Waals surface area contributed by atoms with Gasteiger partial charge in [-0.1, -0.05) is 38.1 Å². The lowest BCUT2D eigenvalue weighted by atomic mass is 10.0. The van der Waals surface area contributed by atoms with Gasteiger partial charge in [-0.15, -0.1) is 0 Å². The normalized spacial score (nSPS) is 10.7. The average molecular weight is 421 g/mol. The highest BCUT2D eigenvalue weighted by Crippen LogP contribution is 2.19. The summed E-state index contributed by atoms with van der Waals surface area (Å²) in [6.07, 6.45) is 0.292. The molecule has 0 saturated carbocycles. The highest BCUT2D eigenvalue weighted by molar-refractivity contribution is 6.04. The minimum Gasteiger partial charge on any atom is -0.478 e.